The molecule has 2 heterocycles. The predicted molar refractivity (Wildman–Crippen MR) is 66.2 cm³/mol. The molecule has 0 saturated carbocycles. The second-order valence-electron chi connectivity index (χ2n) is 4.61. The summed E-state index contributed by atoms with van der Waals surface area (Å²) in [6.07, 6.45) is 6.36. The van der Waals surface area contributed by atoms with Crippen molar-refractivity contribution in [2.24, 2.45) is 5.92 Å². The van der Waals surface area contributed by atoms with Crippen LogP contribution in [0.2, 0.25) is 0 Å². The summed E-state index contributed by atoms with van der Waals surface area (Å²) in [7, 11) is 0. The Morgan fingerprint density at radius 3 is 3.00 bits per heavy atom. The van der Waals surface area contributed by atoms with Crippen molar-refractivity contribution in [2.75, 3.05) is 19.6 Å². The van der Waals surface area contributed by atoms with Crippen LogP contribution in [0, 0.1) is 5.92 Å². The summed E-state index contributed by atoms with van der Waals surface area (Å²) < 4.78 is 0. The molecule has 0 amide bonds. The van der Waals surface area contributed by atoms with E-state index in [-0.39, 0.29) is 0 Å². The van der Waals surface area contributed by atoms with Crippen molar-refractivity contribution in [1.82, 2.24) is 15.6 Å². The van der Waals surface area contributed by atoms with E-state index in [9.17, 15) is 0 Å². The molecular formula is C13H21N3. The summed E-state index contributed by atoms with van der Waals surface area (Å²) in [5.41, 5.74) is 1.27. The fourth-order valence-corrected chi connectivity index (χ4v) is 2.18. The number of pyridine rings is 1. The van der Waals surface area contributed by atoms with Crippen LogP contribution in [0.5, 0.6) is 0 Å². The second kappa shape index (κ2) is 5.97. The number of piperidine rings is 1. The first-order chi connectivity index (χ1) is 7.86. The van der Waals surface area contributed by atoms with Crippen molar-refractivity contribution in [1.29, 1.82) is 0 Å². The van der Waals surface area contributed by atoms with Crippen molar-refractivity contribution in [2.45, 2.75) is 25.8 Å². The van der Waals surface area contributed by atoms with E-state index in [1.165, 1.54) is 31.5 Å². The van der Waals surface area contributed by atoms with Gasteiger partial charge in [0, 0.05) is 18.4 Å². The van der Waals surface area contributed by atoms with Crippen LogP contribution >= 0.6 is 0 Å². The van der Waals surface area contributed by atoms with Gasteiger partial charge in [0.15, 0.2) is 0 Å². The zero-order valence-corrected chi connectivity index (χ0v) is 9.95. The zero-order chi connectivity index (χ0) is 11.2. The van der Waals surface area contributed by atoms with Gasteiger partial charge >= 0.3 is 0 Å². The van der Waals surface area contributed by atoms with Gasteiger partial charge in [-0.1, -0.05) is 6.07 Å². The molecule has 1 atom stereocenters. The quantitative estimate of drug-likeness (QED) is 0.810. The monoisotopic (exact) mass is 219 g/mol. The molecule has 0 aromatic carbocycles. The summed E-state index contributed by atoms with van der Waals surface area (Å²) in [6.45, 7) is 5.68. The average molecular weight is 219 g/mol. The van der Waals surface area contributed by atoms with Gasteiger partial charge in [0.2, 0.25) is 0 Å². The maximum Gasteiger partial charge on any atom is 0.0315 e. The van der Waals surface area contributed by atoms with Crippen molar-refractivity contribution in [3.8, 4) is 0 Å². The predicted octanol–water partition coefficient (Wildman–Crippen LogP) is 1.73. The van der Waals surface area contributed by atoms with Crippen molar-refractivity contribution in [3.63, 3.8) is 0 Å². The Labute approximate surface area is 97.7 Å². The summed E-state index contributed by atoms with van der Waals surface area (Å²) >= 11 is 0. The minimum Gasteiger partial charge on any atom is -0.317 e. The van der Waals surface area contributed by atoms with E-state index in [1.54, 1.807) is 0 Å². The van der Waals surface area contributed by atoms with Gasteiger partial charge in [0.05, 0.1) is 0 Å². The molecule has 3 nitrogen and oxygen atoms in total. The highest BCUT2D eigenvalue weighted by Crippen LogP contribution is 2.14. The first-order valence-corrected chi connectivity index (χ1v) is 6.20. The summed E-state index contributed by atoms with van der Waals surface area (Å²) in [5, 5.41) is 7.00. The lowest BCUT2D eigenvalue weighted by Crippen LogP contribution is -2.34. The smallest absolute Gasteiger partial charge is 0.0315 e. The number of rotatable bonds is 4. The van der Waals surface area contributed by atoms with Crippen LogP contribution in [-0.2, 0) is 0 Å². The van der Waals surface area contributed by atoms with Crippen LogP contribution in [0.3, 0.4) is 0 Å². The Balaban J connectivity index is 1.77. The summed E-state index contributed by atoms with van der Waals surface area (Å²) in [4.78, 5) is 4.15. The molecule has 2 N–H and O–H groups in total. The molecule has 0 spiro atoms. The first-order valence-electron chi connectivity index (χ1n) is 6.20. The van der Waals surface area contributed by atoms with Crippen LogP contribution in [0.4, 0.5) is 0 Å². The van der Waals surface area contributed by atoms with Gasteiger partial charge in [-0.05, 0) is 56.9 Å². The normalized spacial score (nSPS) is 19.6. The SMILES string of the molecule is CC(NCC1CCNCC1)c1cccnc1. The third kappa shape index (κ3) is 3.29. The maximum atomic E-state index is 4.15. The average Bonchev–Trinajstić information content (AvgIpc) is 2.38. The first kappa shape index (κ1) is 11.6. The number of nitrogens with one attached hydrogen (secondary N) is 2. The topological polar surface area (TPSA) is 37.0 Å². The summed E-state index contributed by atoms with van der Waals surface area (Å²) in [5.74, 6) is 0.834. The zero-order valence-electron chi connectivity index (χ0n) is 9.95. The molecule has 3 heteroatoms. The molecule has 1 aromatic rings. The van der Waals surface area contributed by atoms with Gasteiger partial charge in [-0.25, -0.2) is 0 Å². The van der Waals surface area contributed by atoms with E-state index in [2.05, 4.69) is 28.6 Å². The molecule has 0 bridgehead atoms. The van der Waals surface area contributed by atoms with Crippen LogP contribution < -0.4 is 10.6 Å². The van der Waals surface area contributed by atoms with Gasteiger partial charge in [-0.3, -0.25) is 4.98 Å². The minimum atomic E-state index is 0.406. The molecule has 0 radical (unpaired) electrons. The van der Waals surface area contributed by atoms with Gasteiger partial charge in [0.1, 0.15) is 0 Å². The second-order valence-corrected chi connectivity index (χ2v) is 4.61. The molecule has 1 aliphatic heterocycles. The highest BCUT2D eigenvalue weighted by molar-refractivity contribution is 5.12. The van der Waals surface area contributed by atoms with E-state index < -0.39 is 0 Å². The number of aromatic nitrogens is 1. The lowest BCUT2D eigenvalue weighted by Gasteiger charge is -2.24. The van der Waals surface area contributed by atoms with E-state index in [1.807, 2.05) is 18.5 Å². The van der Waals surface area contributed by atoms with Crippen LogP contribution in [0.25, 0.3) is 0 Å². The third-order valence-electron chi connectivity index (χ3n) is 3.36. The Bertz CT molecular complexity index is 293. The molecule has 1 fully saturated rings. The van der Waals surface area contributed by atoms with Crippen LogP contribution in [0.1, 0.15) is 31.4 Å². The van der Waals surface area contributed by atoms with Crippen molar-refractivity contribution < 1.29 is 0 Å². The van der Waals surface area contributed by atoms with Crippen molar-refractivity contribution in [3.05, 3.63) is 30.1 Å². The lowest BCUT2D eigenvalue weighted by molar-refractivity contribution is 0.345. The molecule has 1 unspecified atom stereocenters. The maximum absolute atomic E-state index is 4.15. The van der Waals surface area contributed by atoms with E-state index in [4.69, 9.17) is 0 Å². The fourth-order valence-electron chi connectivity index (χ4n) is 2.18. The Morgan fingerprint density at radius 1 is 1.50 bits per heavy atom. The molecule has 88 valence electrons. The Morgan fingerprint density at radius 2 is 2.31 bits per heavy atom. The molecule has 1 aliphatic rings. The van der Waals surface area contributed by atoms with Gasteiger partial charge < -0.3 is 10.6 Å². The highest BCUT2D eigenvalue weighted by atomic mass is 14.9. The molecule has 0 aliphatic carbocycles. The number of hydrogen-bond donors (Lipinski definition) is 2. The third-order valence-corrected chi connectivity index (χ3v) is 3.36. The van der Waals surface area contributed by atoms with E-state index in [0.717, 1.165) is 12.5 Å². The standard InChI is InChI=1S/C13H21N3/c1-11(13-3-2-6-15-10-13)16-9-12-4-7-14-8-5-12/h2-3,6,10-12,14,16H,4-5,7-9H2,1H3. The van der Waals surface area contributed by atoms with Gasteiger partial charge in [0.25, 0.3) is 0 Å². The molecule has 16 heavy (non-hydrogen) atoms. The van der Waals surface area contributed by atoms with Gasteiger partial charge in [-0.15, -0.1) is 0 Å². The Hall–Kier alpha value is -0.930. The Kier molecular flexibility index (Phi) is 4.31. The molecular weight excluding hydrogens is 198 g/mol. The largest absolute Gasteiger partial charge is 0.317 e. The number of nitrogens with zero attached hydrogens (tertiary/aromatic N) is 1. The summed E-state index contributed by atoms with van der Waals surface area (Å²) in [6, 6.07) is 4.54. The highest BCUT2D eigenvalue weighted by Gasteiger charge is 2.14. The van der Waals surface area contributed by atoms with Crippen LogP contribution in [-0.4, -0.2) is 24.6 Å². The fraction of sp³-hybridized carbons (Fsp3) is 0.615. The van der Waals surface area contributed by atoms with Crippen LogP contribution in [0.15, 0.2) is 24.5 Å². The molecule has 1 aromatic heterocycles. The molecule has 2 rings (SSSR count). The lowest BCUT2D eigenvalue weighted by atomic mass is 9.97. The van der Waals surface area contributed by atoms with Gasteiger partial charge in [-0.2, -0.15) is 0 Å². The minimum absolute atomic E-state index is 0.406. The van der Waals surface area contributed by atoms with Crippen molar-refractivity contribution >= 4 is 0 Å². The number of hydrogen-bond acceptors (Lipinski definition) is 3. The molecule has 1 saturated heterocycles. The van der Waals surface area contributed by atoms with E-state index in [0.29, 0.717) is 6.04 Å². The van der Waals surface area contributed by atoms with E-state index >= 15 is 0 Å².